The number of fused-ring (bicyclic) bond motifs is 3. The van der Waals surface area contributed by atoms with Gasteiger partial charge in [0.1, 0.15) is 17.1 Å². The van der Waals surface area contributed by atoms with Crippen LogP contribution in [-0.4, -0.2) is 15.9 Å². The molecule has 55 heavy (non-hydrogen) atoms. The fourth-order valence-corrected chi connectivity index (χ4v) is 8.20. The average molecular weight is 935 g/mol. The van der Waals surface area contributed by atoms with Crippen molar-refractivity contribution in [3.05, 3.63) is 102 Å². The molecule has 3 heterocycles. The monoisotopic (exact) mass is 935 g/mol. The summed E-state index contributed by atoms with van der Waals surface area (Å²) in [5.41, 5.74) is 6.23. The first kappa shape index (κ1) is 44.1. The first-order chi connectivity index (χ1) is 25.5. The third-order valence-corrected chi connectivity index (χ3v) is 12.9. The maximum absolute atomic E-state index is 12.2. The molecule has 0 saturated carbocycles. The summed E-state index contributed by atoms with van der Waals surface area (Å²) < 4.78 is 7.61. The Hall–Kier alpha value is -3.57. The van der Waals surface area contributed by atoms with Gasteiger partial charge in [0.2, 0.25) is 0 Å². The normalized spacial score (nSPS) is 12.6. The Kier molecular flexibility index (Phi) is 14.2. The van der Waals surface area contributed by atoms with E-state index in [0.717, 1.165) is 71.0 Å². The molecule has 0 aliphatic rings. The molecule has 3 aromatic heterocycles. The van der Waals surface area contributed by atoms with Gasteiger partial charge in [-0.15, -0.1) is 40.5 Å². The maximum Gasteiger partial charge on any atom is 0.164 e. The van der Waals surface area contributed by atoms with Gasteiger partial charge in [-0.1, -0.05) is 117 Å². The second kappa shape index (κ2) is 17.7. The van der Waals surface area contributed by atoms with Gasteiger partial charge in [0.25, 0.3) is 0 Å². The van der Waals surface area contributed by atoms with Crippen LogP contribution in [0.15, 0.2) is 83.1 Å². The Morgan fingerprint density at radius 3 is 2.13 bits per heavy atom. The summed E-state index contributed by atoms with van der Waals surface area (Å²) in [5.74, 6) is 1.89. The second-order valence-electron chi connectivity index (χ2n) is 16.9. The van der Waals surface area contributed by atoms with Crippen molar-refractivity contribution in [3.63, 3.8) is 0 Å². The van der Waals surface area contributed by atoms with Crippen LogP contribution >= 0.6 is 11.3 Å². The van der Waals surface area contributed by atoms with Crippen molar-refractivity contribution in [3.8, 4) is 21.7 Å². The number of aromatic nitrogens is 1. The maximum atomic E-state index is 12.2. The molecule has 0 atom stereocenters. The zero-order valence-electron chi connectivity index (χ0n) is 35.0. The standard InChI is InChI=1S/C34H32NOS.C15H28O2.Ir/c1-20(2)16-27-21(3)36-33-25(27)12-9-13-26(33)31-19-28-30(37-31)14-15-35-32(28)23-17-22-10-7-8-11-24(22)29(18-23)34(4,5)6;1-7-14(5,8-2)12(16)11-13(17)15(6,9-3)10-4;/h7-15,18-20H,16H2,1-6H3;11,16H,7-10H2,1-6H3;/q-1;;/b;12-11-;. The first-order valence-electron chi connectivity index (χ1n) is 19.8. The van der Waals surface area contributed by atoms with Gasteiger partial charge in [0.05, 0.1) is 0 Å². The number of ketones is 1. The number of benzene rings is 3. The molecule has 0 amide bonds. The number of allylic oxidation sites excluding steroid dienone is 2. The largest absolute Gasteiger partial charge is 0.512 e. The van der Waals surface area contributed by atoms with E-state index in [-0.39, 0.29) is 47.9 Å². The van der Waals surface area contributed by atoms with Crippen LogP contribution < -0.4 is 0 Å². The number of rotatable bonds is 11. The van der Waals surface area contributed by atoms with E-state index in [1.54, 1.807) is 11.3 Å². The number of para-hydroxylation sites is 1. The summed E-state index contributed by atoms with van der Waals surface area (Å²) in [7, 11) is 0. The Morgan fingerprint density at radius 1 is 0.873 bits per heavy atom. The first-order valence-corrected chi connectivity index (χ1v) is 20.6. The molecule has 6 heteroatoms. The van der Waals surface area contributed by atoms with E-state index in [0.29, 0.717) is 5.92 Å². The molecule has 0 unspecified atom stereocenters. The smallest absolute Gasteiger partial charge is 0.164 e. The topological polar surface area (TPSA) is 63.3 Å². The number of carbonyl (C=O) groups excluding carboxylic acids is 1. The van der Waals surface area contributed by atoms with Crippen LogP contribution in [0.25, 0.3) is 53.5 Å². The number of thiophene rings is 1. The van der Waals surface area contributed by atoms with Crippen LogP contribution in [0.1, 0.15) is 119 Å². The number of aryl methyl sites for hydroxylation is 1. The van der Waals surface area contributed by atoms with Crippen LogP contribution in [0, 0.1) is 29.7 Å². The van der Waals surface area contributed by atoms with Crippen LogP contribution in [-0.2, 0) is 36.7 Å². The van der Waals surface area contributed by atoms with Crippen molar-refractivity contribution < 1.29 is 34.4 Å². The number of nitrogens with zero attached hydrogens (tertiary/aromatic N) is 1. The SMILES string of the molecule is CCC(C)(CC)C(=O)/C=C(\O)C(C)(CC)CC.Cc1oc2c(-c3cc4c(-c5[c-]c6ccccc6c(C(C)(C)C)c5)nccc4s3)cccc2c1CC(C)C.[Ir]. The molecular formula is C49H60IrNO3S-. The average Bonchev–Trinajstić information content (AvgIpc) is 3.73. The zero-order valence-corrected chi connectivity index (χ0v) is 38.2. The summed E-state index contributed by atoms with van der Waals surface area (Å²) in [6.07, 6.45) is 7.71. The fraction of sp³-hybridized carbons (Fsp3) is 0.429. The van der Waals surface area contributed by atoms with Crippen molar-refractivity contribution in [1.82, 2.24) is 4.98 Å². The van der Waals surface area contributed by atoms with Crippen LogP contribution in [0.3, 0.4) is 0 Å². The molecule has 1 radical (unpaired) electrons. The predicted molar refractivity (Wildman–Crippen MR) is 232 cm³/mol. The Labute approximate surface area is 347 Å². The Bertz CT molecular complexity index is 2290. The van der Waals surface area contributed by atoms with Crippen molar-refractivity contribution in [2.24, 2.45) is 16.7 Å². The molecule has 6 rings (SSSR count). The van der Waals surface area contributed by atoms with E-state index in [2.05, 4.69) is 108 Å². The van der Waals surface area contributed by atoms with Gasteiger partial charge < -0.3 is 9.52 Å². The Morgan fingerprint density at radius 2 is 1.51 bits per heavy atom. The molecule has 0 aliphatic carbocycles. The van der Waals surface area contributed by atoms with E-state index >= 15 is 0 Å². The molecular weight excluding hydrogens is 875 g/mol. The molecule has 6 aromatic rings. The number of furan rings is 1. The van der Waals surface area contributed by atoms with Gasteiger partial charge in [-0.05, 0) is 73.9 Å². The van der Waals surface area contributed by atoms with E-state index in [1.165, 1.54) is 37.6 Å². The van der Waals surface area contributed by atoms with Gasteiger partial charge in [0.15, 0.2) is 5.78 Å². The van der Waals surface area contributed by atoms with E-state index < -0.39 is 0 Å². The number of aliphatic hydroxyl groups is 1. The van der Waals surface area contributed by atoms with Crippen molar-refractivity contribution in [1.29, 1.82) is 0 Å². The molecule has 3 aromatic carbocycles. The third-order valence-electron chi connectivity index (χ3n) is 11.8. The number of hydrogen-bond donors (Lipinski definition) is 1. The molecule has 4 nitrogen and oxygen atoms in total. The summed E-state index contributed by atoms with van der Waals surface area (Å²) in [4.78, 5) is 18.3. The van der Waals surface area contributed by atoms with Gasteiger partial charge >= 0.3 is 0 Å². The van der Waals surface area contributed by atoms with Gasteiger partial charge in [-0.3, -0.25) is 9.78 Å². The minimum Gasteiger partial charge on any atom is -0.512 e. The van der Waals surface area contributed by atoms with Crippen LogP contribution in [0.5, 0.6) is 0 Å². The summed E-state index contributed by atoms with van der Waals surface area (Å²) in [5, 5.41) is 14.9. The summed E-state index contributed by atoms with van der Waals surface area (Å²) in [6, 6.07) is 25.5. The summed E-state index contributed by atoms with van der Waals surface area (Å²) >= 11 is 1.80. The van der Waals surface area contributed by atoms with E-state index in [9.17, 15) is 9.90 Å². The third kappa shape index (κ3) is 9.19. The molecule has 0 spiro atoms. The van der Waals surface area contributed by atoms with Crippen LogP contribution in [0.4, 0.5) is 0 Å². The quantitative estimate of drug-likeness (QED) is 0.0799. The number of carbonyl (C=O) groups is 1. The van der Waals surface area contributed by atoms with E-state index in [4.69, 9.17) is 9.40 Å². The molecule has 295 valence electrons. The number of aliphatic hydroxyl groups excluding tert-OH is 1. The molecule has 0 saturated heterocycles. The molecule has 0 aliphatic heterocycles. The fourth-order valence-electron chi connectivity index (χ4n) is 7.12. The van der Waals surface area contributed by atoms with Gasteiger partial charge in [-0.2, -0.15) is 0 Å². The minimum atomic E-state index is -0.337. The molecule has 0 bridgehead atoms. The molecule has 0 fully saturated rings. The number of hydrogen-bond acceptors (Lipinski definition) is 5. The minimum absolute atomic E-state index is 0. The van der Waals surface area contributed by atoms with Crippen LogP contribution in [0.2, 0.25) is 0 Å². The van der Waals surface area contributed by atoms with Crippen molar-refractivity contribution in [2.45, 2.75) is 121 Å². The van der Waals surface area contributed by atoms with Gasteiger partial charge in [-0.25, -0.2) is 0 Å². The summed E-state index contributed by atoms with van der Waals surface area (Å²) in [6.45, 7) is 25.5. The second-order valence-corrected chi connectivity index (χ2v) is 18.0. The molecule has 1 N–H and O–H groups in total. The van der Waals surface area contributed by atoms with Crippen molar-refractivity contribution in [2.75, 3.05) is 0 Å². The zero-order chi connectivity index (χ0) is 39.6. The Balaban J connectivity index is 0.000000320. The van der Waals surface area contributed by atoms with Gasteiger partial charge in [0, 0.05) is 75.0 Å². The predicted octanol–water partition coefficient (Wildman–Crippen LogP) is 14.8. The number of pyridine rings is 1. The van der Waals surface area contributed by atoms with E-state index in [1.807, 2.05) is 47.7 Å². The van der Waals surface area contributed by atoms with Crippen molar-refractivity contribution >= 4 is 48.9 Å².